The highest BCUT2D eigenvalue weighted by Crippen LogP contribution is 2.48. The Balaban J connectivity index is 1.53. The molecule has 0 unspecified atom stereocenters. The van der Waals surface area contributed by atoms with Gasteiger partial charge in [-0.25, -0.2) is 0 Å². The van der Waals surface area contributed by atoms with Crippen molar-refractivity contribution in [2.45, 2.75) is 20.3 Å². The van der Waals surface area contributed by atoms with Gasteiger partial charge in [-0.3, -0.25) is 9.59 Å². The van der Waals surface area contributed by atoms with E-state index in [-0.39, 0.29) is 35.5 Å². The summed E-state index contributed by atoms with van der Waals surface area (Å²) in [5, 5.41) is 6.03. The third kappa shape index (κ3) is 3.52. The molecule has 2 aliphatic rings. The quantitative estimate of drug-likeness (QED) is 0.798. The molecule has 0 spiro atoms. The Labute approximate surface area is 159 Å². The van der Waals surface area contributed by atoms with Crippen LogP contribution in [0.2, 0.25) is 0 Å². The maximum absolute atomic E-state index is 13.0. The van der Waals surface area contributed by atoms with Crippen LogP contribution in [0.25, 0.3) is 0 Å². The van der Waals surface area contributed by atoms with Gasteiger partial charge in [-0.15, -0.1) is 0 Å². The molecule has 2 aliphatic carbocycles. The second-order valence-corrected chi connectivity index (χ2v) is 7.72. The molecule has 0 saturated heterocycles. The molecule has 2 amide bonds. The number of aryl methyl sites for hydroxylation is 2. The molecule has 0 radical (unpaired) electrons. The Hall–Kier alpha value is -2.88. The molecule has 2 aromatic rings. The van der Waals surface area contributed by atoms with Gasteiger partial charge in [0.25, 0.3) is 0 Å². The molecule has 4 rings (SSSR count). The molecular formula is C23H24N2O2. The van der Waals surface area contributed by atoms with Crippen molar-refractivity contribution < 1.29 is 9.59 Å². The highest BCUT2D eigenvalue weighted by Gasteiger charge is 2.51. The summed E-state index contributed by atoms with van der Waals surface area (Å²) in [6, 6.07) is 15.5. The predicted molar refractivity (Wildman–Crippen MR) is 107 cm³/mol. The largest absolute Gasteiger partial charge is 0.326 e. The molecule has 138 valence electrons. The van der Waals surface area contributed by atoms with E-state index in [9.17, 15) is 9.59 Å². The molecule has 0 aliphatic heterocycles. The van der Waals surface area contributed by atoms with Crippen molar-refractivity contribution >= 4 is 23.2 Å². The van der Waals surface area contributed by atoms with E-state index in [0.29, 0.717) is 0 Å². The molecule has 1 saturated carbocycles. The number of carbonyl (C=O) groups is 2. The lowest BCUT2D eigenvalue weighted by molar-refractivity contribution is -0.129. The monoisotopic (exact) mass is 360 g/mol. The third-order valence-electron chi connectivity index (χ3n) is 5.64. The summed E-state index contributed by atoms with van der Waals surface area (Å²) in [7, 11) is 0. The standard InChI is InChI=1S/C23H24N2O2/c1-14-5-3-7-18(11-14)24-22(26)20-16-9-10-17(13-16)21(20)23(27)25-19-8-4-6-15(2)12-19/h3-12,16-17,20-21H,13H2,1-2H3,(H,24,26)(H,25,27)/t16-,17-,20-,21+/m0/s1. The zero-order valence-electron chi connectivity index (χ0n) is 15.6. The first-order chi connectivity index (χ1) is 13.0. The van der Waals surface area contributed by atoms with Crippen LogP contribution in [-0.4, -0.2) is 11.8 Å². The minimum absolute atomic E-state index is 0.0677. The lowest BCUT2D eigenvalue weighted by Gasteiger charge is -2.26. The van der Waals surface area contributed by atoms with Crippen LogP contribution in [0.5, 0.6) is 0 Å². The van der Waals surface area contributed by atoms with Crippen molar-refractivity contribution in [2.24, 2.45) is 23.7 Å². The van der Waals surface area contributed by atoms with Crippen LogP contribution >= 0.6 is 0 Å². The average Bonchev–Trinajstić information content (AvgIpc) is 3.23. The normalized spacial score (nSPS) is 25.4. The van der Waals surface area contributed by atoms with Gasteiger partial charge < -0.3 is 10.6 Å². The summed E-state index contributed by atoms with van der Waals surface area (Å²) in [5.41, 5.74) is 3.75. The second kappa shape index (κ2) is 7.03. The lowest BCUT2D eigenvalue weighted by atomic mass is 9.81. The van der Waals surface area contributed by atoms with E-state index < -0.39 is 0 Å². The minimum Gasteiger partial charge on any atom is -0.326 e. The van der Waals surface area contributed by atoms with Gasteiger partial charge in [-0.2, -0.15) is 0 Å². The van der Waals surface area contributed by atoms with Crippen molar-refractivity contribution in [2.75, 3.05) is 10.6 Å². The first kappa shape index (κ1) is 17.5. The summed E-state index contributed by atoms with van der Waals surface area (Å²) in [6.07, 6.45) is 5.07. The molecule has 4 heteroatoms. The fourth-order valence-corrected chi connectivity index (χ4v) is 4.43. The SMILES string of the molecule is Cc1cccc(NC(=O)[C@@H]2[C@H](C(=O)Nc3cccc(C)c3)[C@H]3C=C[C@H]2C3)c1. The number of amides is 2. The van der Waals surface area contributed by atoms with Crippen LogP contribution in [-0.2, 0) is 9.59 Å². The number of rotatable bonds is 4. The summed E-state index contributed by atoms with van der Waals surface area (Å²) in [6.45, 7) is 3.99. The van der Waals surface area contributed by atoms with E-state index >= 15 is 0 Å². The molecule has 0 heterocycles. The van der Waals surface area contributed by atoms with Crippen LogP contribution in [0.3, 0.4) is 0 Å². The molecule has 1 fully saturated rings. The third-order valence-corrected chi connectivity index (χ3v) is 5.64. The predicted octanol–water partition coefficient (Wildman–Crippen LogP) is 4.32. The smallest absolute Gasteiger partial charge is 0.228 e. The molecule has 4 atom stereocenters. The van der Waals surface area contributed by atoms with E-state index in [2.05, 4.69) is 22.8 Å². The summed E-state index contributed by atoms with van der Waals surface area (Å²) >= 11 is 0. The number of allylic oxidation sites excluding steroid dienone is 2. The fourth-order valence-electron chi connectivity index (χ4n) is 4.43. The number of anilines is 2. The molecule has 2 N–H and O–H groups in total. The average molecular weight is 360 g/mol. The lowest BCUT2D eigenvalue weighted by Crippen LogP contribution is -2.39. The topological polar surface area (TPSA) is 58.2 Å². The molecule has 4 nitrogen and oxygen atoms in total. The second-order valence-electron chi connectivity index (χ2n) is 7.72. The molecule has 2 bridgehead atoms. The number of hydrogen-bond donors (Lipinski definition) is 2. The van der Waals surface area contributed by atoms with Crippen molar-refractivity contribution in [1.29, 1.82) is 0 Å². The van der Waals surface area contributed by atoms with E-state index in [1.54, 1.807) is 0 Å². The van der Waals surface area contributed by atoms with Crippen LogP contribution in [0, 0.1) is 37.5 Å². The van der Waals surface area contributed by atoms with Gasteiger partial charge in [0.1, 0.15) is 0 Å². The summed E-state index contributed by atoms with van der Waals surface area (Å²) in [4.78, 5) is 26.0. The van der Waals surface area contributed by atoms with Crippen molar-refractivity contribution in [3.8, 4) is 0 Å². The molecule has 0 aromatic heterocycles. The van der Waals surface area contributed by atoms with Crippen molar-refractivity contribution in [3.63, 3.8) is 0 Å². The maximum atomic E-state index is 13.0. The number of fused-ring (bicyclic) bond motifs is 2. The molecular weight excluding hydrogens is 336 g/mol. The minimum atomic E-state index is -0.328. The number of nitrogens with one attached hydrogen (secondary N) is 2. The zero-order valence-corrected chi connectivity index (χ0v) is 15.6. The van der Waals surface area contributed by atoms with Gasteiger partial charge in [0, 0.05) is 11.4 Å². The van der Waals surface area contributed by atoms with Gasteiger partial charge in [0.15, 0.2) is 0 Å². The highest BCUT2D eigenvalue weighted by atomic mass is 16.2. The van der Waals surface area contributed by atoms with Gasteiger partial charge >= 0.3 is 0 Å². The summed E-state index contributed by atoms with van der Waals surface area (Å²) < 4.78 is 0. The van der Waals surface area contributed by atoms with Gasteiger partial charge in [0.2, 0.25) is 11.8 Å². The van der Waals surface area contributed by atoms with E-state index in [0.717, 1.165) is 28.9 Å². The maximum Gasteiger partial charge on any atom is 0.228 e. The van der Waals surface area contributed by atoms with E-state index in [1.165, 1.54) is 0 Å². The van der Waals surface area contributed by atoms with Crippen molar-refractivity contribution in [3.05, 3.63) is 71.8 Å². The Morgan fingerprint density at radius 1 is 0.778 bits per heavy atom. The Morgan fingerprint density at radius 2 is 1.22 bits per heavy atom. The van der Waals surface area contributed by atoms with Crippen LogP contribution in [0.15, 0.2) is 60.7 Å². The van der Waals surface area contributed by atoms with E-state index in [1.807, 2.05) is 62.4 Å². The summed E-state index contributed by atoms with van der Waals surface area (Å²) in [5.74, 6) is -0.527. The van der Waals surface area contributed by atoms with Crippen LogP contribution < -0.4 is 10.6 Å². The first-order valence-corrected chi connectivity index (χ1v) is 9.44. The first-order valence-electron chi connectivity index (χ1n) is 9.44. The Morgan fingerprint density at radius 3 is 1.63 bits per heavy atom. The van der Waals surface area contributed by atoms with E-state index in [4.69, 9.17) is 0 Å². The zero-order chi connectivity index (χ0) is 19.0. The van der Waals surface area contributed by atoms with Gasteiger partial charge in [-0.05, 0) is 67.5 Å². The van der Waals surface area contributed by atoms with Crippen LogP contribution in [0.1, 0.15) is 17.5 Å². The number of benzene rings is 2. The molecule has 2 aromatic carbocycles. The van der Waals surface area contributed by atoms with Crippen LogP contribution in [0.4, 0.5) is 11.4 Å². The number of carbonyl (C=O) groups excluding carboxylic acids is 2. The van der Waals surface area contributed by atoms with Gasteiger partial charge in [-0.1, -0.05) is 36.4 Å². The highest BCUT2D eigenvalue weighted by molar-refractivity contribution is 6.01. The van der Waals surface area contributed by atoms with Crippen molar-refractivity contribution in [1.82, 2.24) is 0 Å². The Kier molecular flexibility index (Phi) is 4.56. The molecule has 27 heavy (non-hydrogen) atoms. The Bertz CT molecular complexity index is 845. The van der Waals surface area contributed by atoms with Gasteiger partial charge in [0.05, 0.1) is 11.8 Å². The fraction of sp³-hybridized carbons (Fsp3) is 0.304. The number of hydrogen-bond acceptors (Lipinski definition) is 2.